The van der Waals surface area contributed by atoms with Crippen molar-refractivity contribution < 1.29 is 86.7 Å². The molecule has 1 heterocycles. The van der Waals surface area contributed by atoms with Crippen molar-refractivity contribution in [1.82, 2.24) is 15.0 Å². The Hall–Kier alpha value is -5.28. The summed E-state index contributed by atoms with van der Waals surface area (Å²) in [7, 11) is -19.2. The minimum atomic E-state index is -4.85. The Morgan fingerprint density at radius 1 is 0.785 bits per heavy atom. The zero-order valence-corrected chi connectivity index (χ0v) is 39.0. The second-order valence-corrected chi connectivity index (χ2v) is 20.2. The van der Waals surface area contributed by atoms with Crippen LogP contribution in [0.15, 0.2) is 122 Å². The number of nitrogens with one attached hydrogen (secondary N) is 1. The van der Waals surface area contributed by atoms with Crippen molar-refractivity contribution in [2.75, 3.05) is 42.1 Å². The van der Waals surface area contributed by atoms with Crippen LogP contribution < -0.4 is 10.2 Å². The molecule has 356 valence electrons. The van der Waals surface area contributed by atoms with E-state index in [4.69, 9.17) is 20.7 Å². The molecule has 0 atom stereocenters. The molecule has 0 bridgehead atoms. The maximum Gasteiger partial charge on any atom is 1.00 e. The van der Waals surface area contributed by atoms with Crippen molar-refractivity contribution >= 4 is 103 Å². The van der Waals surface area contributed by atoms with Crippen LogP contribution in [0.2, 0.25) is 5.28 Å². The quantitative estimate of drug-likeness (QED) is 0.0166. The number of hydrogen-bond acceptors (Lipinski definition) is 19. The van der Waals surface area contributed by atoms with E-state index in [9.17, 15) is 56.3 Å². The van der Waals surface area contributed by atoms with E-state index >= 15 is 0 Å². The Bertz CT molecular complexity index is 3030. The molecule has 0 unspecified atom stereocenters. The molecule has 0 aliphatic carbocycles. The summed E-state index contributed by atoms with van der Waals surface area (Å²) in [5.74, 6) is -1.36. The van der Waals surface area contributed by atoms with Crippen molar-refractivity contribution in [1.29, 1.82) is 0 Å². The fraction of sp³-hybridized carbons (Fsp3) is 0.152. The van der Waals surface area contributed by atoms with Gasteiger partial charge in [-0.25, -0.2) is 12.6 Å². The predicted octanol–water partition coefficient (Wildman–Crippen LogP) is 4.74. The topological polar surface area (TPSA) is 386 Å². The number of azo groups is 1. The molecule has 25 nitrogen and oxygen atoms in total. The van der Waals surface area contributed by atoms with Gasteiger partial charge in [0.05, 0.1) is 34.1 Å². The third-order valence-corrected chi connectivity index (χ3v) is 10.3. The minimum Gasteiger partial charge on any atom is -0.573 e. The number of amidine groups is 1. The minimum absolute atomic E-state index is 0. The Balaban J connectivity index is 0.000000728. The van der Waals surface area contributed by atoms with Crippen LogP contribution in [0.25, 0.3) is 5.43 Å². The number of phenolic OH excluding ortho intramolecular Hbond substituents is 1. The molecule has 0 saturated heterocycles. The average Bonchev–Trinajstić information content (AvgIpc) is 3.17. The number of para-hydroxylation sites is 1. The summed E-state index contributed by atoms with van der Waals surface area (Å²) in [6.45, 7) is -0.558. The normalized spacial score (nSPS) is 12.2. The first kappa shape index (κ1) is 55.9. The van der Waals surface area contributed by atoms with Gasteiger partial charge in [-0.3, -0.25) is 18.2 Å². The van der Waals surface area contributed by atoms with Gasteiger partial charge >= 0.3 is 27.5 Å². The molecule has 0 fully saturated rings. The first-order valence-corrected chi connectivity index (χ1v) is 25.4. The van der Waals surface area contributed by atoms with Crippen LogP contribution in [0.3, 0.4) is 0 Å². The number of halogens is 1. The molecule has 32 heteroatoms. The fourth-order valence-electron chi connectivity index (χ4n) is 4.32. The van der Waals surface area contributed by atoms with Crippen molar-refractivity contribution in [3.8, 4) is 5.75 Å². The van der Waals surface area contributed by atoms with Crippen molar-refractivity contribution in [2.45, 2.75) is 9.79 Å². The summed E-state index contributed by atoms with van der Waals surface area (Å²) in [4.78, 5) is 12.8. The van der Waals surface area contributed by atoms with Crippen molar-refractivity contribution in [3.63, 3.8) is 0 Å². The van der Waals surface area contributed by atoms with E-state index in [0.717, 1.165) is 24.5 Å². The molecule has 5 aromatic rings. The van der Waals surface area contributed by atoms with Crippen LogP contribution in [0, 0.1) is 0 Å². The van der Waals surface area contributed by atoms with Crippen LogP contribution in [-0.2, 0) is 71.8 Å². The van der Waals surface area contributed by atoms with E-state index in [-0.39, 0.29) is 51.5 Å². The first-order chi connectivity index (χ1) is 29.5. The van der Waals surface area contributed by atoms with Crippen LogP contribution in [-0.4, -0.2) is 118 Å². The summed E-state index contributed by atoms with van der Waals surface area (Å²) < 4.78 is 145. The zero-order chi connectivity index (χ0) is 48.1. The predicted molar refractivity (Wildman–Crippen MR) is 232 cm³/mol. The molecule has 0 aliphatic heterocycles. The van der Waals surface area contributed by atoms with Gasteiger partial charge in [0.25, 0.3) is 30.4 Å². The number of aromatic nitrogens is 3. The molecule has 5 rings (SSSR count). The van der Waals surface area contributed by atoms with Crippen LogP contribution in [0.1, 0.15) is 5.56 Å². The van der Waals surface area contributed by atoms with Crippen molar-refractivity contribution in [2.24, 2.45) is 15.3 Å². The van der Waals surface area contributed by atoms with E-state index < -0.39 is 84.2 Å². The van der Waals surface area contributed by atoms with Gasteiger partial charge in [0.1, 0.15) is 15.5 Å². The number of hydrogen-bond donors (Lipinski definition) is 6. The Kier molecular flexibility index (Phi) is 20.4. The Labute approximate surface area is 388 Å². The number of rotatable bonds is 14. The zero-order valence-electron chi connectivity index (χ0n) is 33.2. The molecule has 6 N–H and O–H groups in total. The second kappa shape index (κ2) is 23.8. The number of sulfone groups is 1. The van der Waals surface area contributed by atoms with Gasteiger partial charge in [-0.1, -0.05) is 66.7 Å². The largest absolute Gasteiger partial charge is 1.00 e. The molecule has 4 aromatic carbocycles. The van der Waals surface area contributed by atoms with E-state index in [1.54, 1.807) is 54.4 Å². The second-order valence-electron chi connectivity index (χ2n) is 12.2. The number of anilines is 4. The summed E-state index contributed by atoms with van der Waals surface area (Å²) in [6.07, 6.45) is 1.65. The maximum absolute atomic E-state index is 12.2. The molecule has 0 saturated carbocycles. The van der Waals surface area contributed by atoms with Gasteiger partial charge in [0.2, 0.25) is 17.2 Å². The molecule has 1 aromatic heterocycles. The SMILES string of the molecule is CN(c1ccccc1)c1nc(Cl)nc(Nc2cc(S(=O)(=O)O)cc(N=NC(=N[N-]c3ccccc3S(=O)(=O)O)c3ccccc3)c2O)n1.CS(=O)(=O)CCOS(=O)(=O)O.CS(=O)(=O)O.[Cu+]. The van der Waals surface area contributed by atoms with Gasteiger partial charge in [-0.05, 0) is 41.9 Å². The average molecular weight is 1070 g/mol. The monoisotopic (exact) mass is 1070 g/mol. The van der Waals surface area contributed by atoms with E-state index in [2.05, 4.69) is 45.2 Å². The van der Waals surface area contributed by atoms with Gasteiger partial charge in [-0.2, -0.15) is 48.6 Å². The molecule has 0 aliphatic rings. The van der Waals surface area contributed by atoms with Gasteiger partial charge in [0.15, 0.2) is 11.6 Å². The first-order valence-electron chi connectivity index (χ1n) is 16.9. The van der Waals surface area contributed by atoms with Crippen LogP contribution in [0.5, 0.6) is 5.75 Å². The fourth-order valence-corrected chi connectivity index (χ4v) is 6.41. The molecular formula is C33H35ClCuN9O16S5. The standard InChI is InChI=1S/C29H23ClN9O7S2.C3H8O6S2.CH4O3S.Cu/c1-39(19-12-6-3-7-13-19)29-33-27(30)32-28(34-29)31-22-16-20(47(41,42)43)17-23(25(22)40)36-38-26(18-10-4-2-5-11-18)37-35-21-14-8-9-15-24(21)48(44,45)46;1-10(4,5)3-2-9-11(6,7)8;1-5(2,3)4;/h2-17H,1H3,(H4-,31,32,33,34,35,36,37,38,40,41,42,43,44,45,46);2-3H2,1H3,(H,6,7,8);1H3,(H,2,3,4);/q-1;;;+1. The van der Waals surface area contributed by atoms with Crippen molar-refractivity contribution in [3.05, 3.63) is 113 Å². The summed E-state index contributed by atoms with van der Waals surface area (Å²) >= 11 is 6.14. The smallest absolute Gasteiger partial charge is 0.573 e. The number of nitrogens with zero attached hydrogens (tertiary/aromatic N) is 8. The molecular weight excluding hydrogens is 1040 g/mol. The number of aromatic hydroxyl groups is 1. The summed E-state index contributed by atoms with van der Waals surface area (Å²) in [5, 5.41) is 25.5. The number of benzene rings is 4. The van der Waals surface area contributed by atoms with Crippen LogP contribution in [0.4, 0.5) is 34.6 Å². The van der Waals surface area contributed by atoms with Gasteiger partial charge < -0.3 is 25.9 Å². The number of phenols is 1. The third kappa shape index (κ3) is 20.6. The van der Waals surface area contributed by atoms with Gasteiger partial charge in [0, 0.05) is 24.6 Å². The Morgan fingerprint density at radius 2 is 1.34 bits per heavy atom. The summed E-state index contributed by atoms with van der Waals surface area (Å²) in [5.41, 5.74) is 4.01. The summed E-state index contributed by atoms with van der Waals surface area (Å²) in [6, 6.07) is 24.3. The third-order valence-electron chi connectivity index (χ3n) is 7.01. The van der Waals surface area contributed by atoms with Gasteiger partial charge in [-0.15, -0.1) is 15.9 Å². The molecule has 0 amide bonds. The van der Waals surface area contributed by atoms with E-state index in [0.29, 0.717) is 17.5 Å². The molecule has 0 spiro atoms. The van der Waals surface area contributed by atoms with E-state index in [1.807, 2.05) is 18.2 Å². The van der Waals surface area contributed by atoms with E-state index in [1.165, 1.54) is 18.2 Å². The molecule has 0 radical (unpaired) electrons. The maximum atomic E-state index is 12.2. The van der Waals surface area contributed by atoms with Crippen LogP contribution >= 0.6 is 11.6 Å². The Morgan fingerprint density at radius 3 is 1.88 bits per heavy atom. The molecule has 65 heavy (non-hydrogen) atoms.